The minimum absolute atomic E-state index is 0.165. The van der Waals surface area contributed by atoms with Gasteiger partial charge in [-0.2, -0.15) is 0 Å². The maximum atomic E-state index is 12.1. The van der Waals surface area contributed by atoms with E-state index in [1.54, 1.807) is 7.11 Å². The Morgan fingerprint density at radius 2 is 1.95 bits per heavy atom. The van der Waals surface area contributed by atoms with Gasteiger partial charge < -0.3 is 10.1 Å². The monoisotopic (exact) mass is 297 g/mol. The SMILES string of the molecule is CCCNC(CS(=O)CCOC)c1ccc(CC)cc1. The lowest BCUT2D eigenvalue weighted by atomic mass is 10.0. The Hall–Kier alpha value is -0.710. The lowest BCUT2D eigenvalue weighted by molar-refractivity contribution is 0.218. The second kappa shape index (κ2) is 10.1. The molecule has 4 heteroatoms. The highest BCUT2D eigenvalue weighted by Crippen LogP contribution is 2.16. The van der Waals surface area contributed by atoms with Gasteiger partial charge in [-0.1, -0.05) is 38.1 Å². The number of hydrogen-bond donors (Lipinski definition) is 1. The lowest BCUT2D eigenvalue weighted by Gasteiger charge is -2.19. The maximum absolute atomic E-state index is 12.1. The molecule has 1 aromatic rings. The molecular weight excluding hydrogens is 270 g/mol. The van der Waals surface area contributed by atoms with Crippen molar-refractivity contribution in [1.82, 2.24) is 5.32 Å². The third-order valence-corrected chi connectivity index (χ3v) is 4.63. The second-order valence-electron chi connectivity index (χ2n) is 4.91. The van der Waals surface area contributed by atoms with Crippen LogP contribution in [0.1, 0.15) is 37.4 Å². The highest BCUT2D eigenvalue weighted by molar-refractivity contribution is 7.85. The molecular formula is C16H27NO2S. The molecule has 0 saturated carbocycles. The summed E-state index contributed by atoms with van der Waals surface area (Å²) in [5.74, 6) is 1.25. The van der Waals surface area contributed by atoms with E-state index >= 15 is 0 Å². The maximum Gasteiger partial charge on any atom is 0.0577 e. The van der Waals surface area contributed by atoms with Gasteiger partial charge in [-0.05, 0) is 30.5 Å². The molecule has 2 atom stereocenters. The third kappa shape index (κ3) is 6.16. The Balaban J connectivity index is 2.68. The summed E-state index contributed by atoms with van der Waals surface area (Å²) in [5, 5.41) is 3.50. The van der Waals surface area contributed by atoms with E-state index in [1.165, 1.54) is 11.1 Å². The van der Waals surface area contributed by atoms with E-state index in [9.17, 15) is 4.21 Å². The number of ether oxygens (including phenoxy) is 1. The fourth-order valence-electron chi connectivity index (χ4n) is 2.02. The first-order valence-corrected chi connectivity index (χ1v) is 8.86. The quantitative estimate of drug-likeness (QED) is 0.721. The molecule has 3 nitrogen and oxygen atoms in total. The molecule has 1 aromatic carbocycles. The van der Waals surface area contributed by atoms with E-state index in [1.807, 2.05) is 0 Å². The van der Waals surface area contributed by atoms with E-state index in [-0.39, 0.29) is 6.04 Å². The van der Waals surface area contributed by atoms with Crippen molar-refractivity contribution in [3.63, 3.8) is 0 Å². The van der Waals surface area contributed by atoms with Crippen LogP contribution in [0, 0.1) is 0 Å². The van der Waals surface area contributed by atoms with Gasteiger partial charge in [0.25, 0.3) is 0 Å². The van der Waals surface area contributed by atoms with Gasteiger partial charge >= 0.3 is 0 Å². The lowest BCUT2D eigenvalue weighted by Crippen LogP contribution is -2.28. The van der Waals surface area contributed by atoms with Crippen molar-refractivity contribution in [3.05, 3.63) is 35.4 Å². The highest BCUT2D eigenvalue weighted by Gasteiger charge is 2.14. The molecule has 2 unspecified atom stereocenters. The summed E-state index contributed by atoms with van der Waals surface area (Å²) in [6.45, 7) is 5.80. The van der Waals surface area contributed by atoms with Crippen molar-refractivity contribution in [1.29, 1.82) is 0 Å². The van der Waals surface area contributed by atoms with Crippen LogP contribution < -0.4 is 5.32 Å². The standard InChI is InChI=1S/C16H27NO2S/c1-4-10-17-16(13-20(18)12-11-19-3)15-8-6-14(5-2)7-9-15/h6-9,16-17H,4-5,10-13H2,1-3H3. The summed E-state index contributed by atoms with van der Waals surface area (Å²) in [6.07, 6.45) is 2.13. The van der Waals surface area contributed by atoms with E-state index in [0.29, 0.717) is 18.1 Å². The molecule has 114 valence electrons. The highest BCUT2D eigenvalue weighted by atomic mass is 32.2. The van der Waals surface area contributed by atoms with Crippen molar-refractivity contribution in [3.8, 4) is 0 Å². The average Bonchev–Trinajstić information content (AvgIpc) is 2.49. The Kier molecular flexibility index (Phi) is 8.74. The van der Waals surface area contributed by atoms with Crippen molar-refractivity contribution in [2.75, 3.05) is 31.8 Å². The largest absolute Gasteiger partial charge is 0.384 e. The summed E-state index contributed by atoms with van der Waals surface area (Å²) in [7, 11) is 0.798. The molecule has 0 fully saturated rings. The number of nitrogens with one attached hydrogen (secondary N) is 1. The molecule has 0 aliphatic carbocycles. The molecule has 0 bridgehead atoms. The Morgan fingerprint density at radius 1 is 1.25 bits per heavy atom. The van der Waals surface area contributed by atoms with Crippen LogP contribution in [0.2, 0.25) is 0 Å². The molecule has 0 aliphatic heterocycles. The molecule has 0 saturated heterocycles. The van der Waals surface area contributed by atoms with Gasteiger partial charge in [-0.15, -0.1) is 0 Å². The summed E-state index contributed by atoms with van der Waals surface area (Å²) >= 11 is 0. The zero-order chi connectivity index (χ0) is 14.8. The van der Waals surface area contributed by atoms with Crippen molar-refractivity contribution in [2.24, 2.45) is 0 Å². The Labute approximate surface area is 125 Å². The molecule has 0 radical (unpaired) electrons. The van der Waals surface area contributed by atoms with Crippen LogP contribution in [-0.4, -0.2) is 36.0 Å². The first-order chi connectivity index (χ1) is 9.71. The van der Waals surface area contributed by atoms with Crippen molar-refractivity contribution >= 4 is 10.8 Å². The van der Waals surface area contributed by atoms with Crippen molar-refractivity contribution in [2.45, 2.75) is 32.7 Å². The molecule has 1 rings (SSSR count). The number of aryl methyl sites for hydroxylation is 1. The fourth-order valence-corrected chi connectivity index (χ4v) is 3.22. The van der Waals surface area contributed by atoms with E-state index in [2.05, 4.69) is 43.4 Å². The van der Waals surface area contributed by atoms with Gasteiger partial charge in [0.15, 0.2) is 0 Å². The topological polar surface area (TPSA) is 38.3 Å². The zero-order valence-electron chi connectivity index (χ0n) is 12.9. The Bertz CT molecular complexity index is 392. The fraction of sp³-hybridized carbons (Fsp3) is 0.625. The summed E-state index contributed by atoms with van der Waals surface area (Å²) in [4.78, 5) is 0. The molecule has 0 amide bonds. The minimum Gasteiger partial charge on any atom is -0.384 e. The first kappa shape index (κ1) is 17.3. The Morgan fingerprint density at radius 3 is 2.50 bits per heavy atom. The minimum atomic E-state index is -0.849. The van der Waals surface area contributed by atoms with Crippen LogP contribution in [0.4, 0.5) is 0 Å². The van der Waals surface area contributed by atoms with Gasteiger partial charge in [-0.3, -0.25) is 4.21 Å². The van der Waals surface area contributed by atoms with Gasteiger partial charge in [-0.25, -0.2) is 0 Å². The van der Waals surface area contributed by atoms with Gasteiger partial charge in [0.05, 0.1) is 6.61 Å². The van der Waals surface area contributed by atoms with E-state index < -0.39 is 10.8 Å². The van der Waals surface area contributed by atoms with Gasteiger partial charge in [0, 0.05) is 35.5 Å². The van der Waals surface area contributed by atoms with Crippen LogP contribution in [0.5, 0.6) is 0 Å². The second-order valence-corrected chi connectivity index (χ2v) is 6.53. The van der Waals surface area contributed by atoms with E-state index in [0.717, 1.165) is 19.4 Å². The number of hydrogen-bond acceptors (Lipinski definition) is 3. The summed E-state index contributed by atoms with van der Waals surface area (Å²) in [6, 6.07) is 8.79. The summed E-state index contributed by atoms with van der Waals surface area (Å²) in [5.41, 5.74) is 2.56. The predicted molar refractivity (Wildman–Crippen MR) is 86.6 cm³/mol. The third-order valence-electron chi connectivity index (χ3n) is 3.30. The number of benzene rings is 1. The molecule has 0 spiro atoms. The first-order valence-electron chi connectivity index (χ1n) is 7.37. The molecule has 0 aliphatic rings. The van der Waals surface area contributed by atoms with Crippen LogP contribution in [0.25, 0.3) is 0 Å². The van der Waals surface area contributed by atoms with Crippen molar-refractivity contribution < 1.29 is 8.95 Å². The van der Waals surface area contributed by atoms with Gasteiger partial charge in [0.2, 0.25) is 0 Å². The van der Waals surface area contributed by atoms with Crippen LogP contribution in [0.3, 0.4) is 0 Å². The zero-order valence-corrected chi connectivity index (χ0v) is 13.7. The molecule has 1 N–H and O–H groups in total. The van der Waals surface area contributed by atoms with Crippen LogP contribution in [-0.2, 0) is 22.0 Å². The smallest absolute Gasteiger partial charge is 0.0577 e. The molecule has 0 heterocycles. The van der Waals surface area contributed by atoms with Crippen LogP contribution in [0.15, 0.2) is 24.3 Å². The average molecular weight is 297 g/mol. The normalized spacial score (nSPS) is 14.2. The van der Waals surface area contributed by atoms with E-state index in [4.69, 9.17) is 4.74 Å². The predicted octanol–water partition coefficient (Wildman–Crippen LogP) is 2.68. The number of rotatable bonds is 10. The molecule has 20 heavy (non-hydrogen) atoms. The van der Waals surface area contributed by atoms with Crippen LogP contribution >= 0.6 is 0 Å². The molecule has 0 aromatic heterocycles. The number of methoxy groups -OCH3 is 1. The van der Waals surface area contributed by atoms with Gasteiger partial charge in [0.1, 0.15) is 0 Å². The summed E-state index contributed by atoms with van der Waals surface area (Å²) < 4.78 is 17.1.